The SMILES string of the molecule is [AlH3].[Cu].[H-].[H-].[Mg+2].[Mn].[SiH3]. The Morgan fingerprint density at radius 1 is 1.20 bits per heavy atom. The van der Waals surface area contributed by atoms with E-state index in [9.17, 15) is 0 Å². The van der Waals surface area contributed by atoms with Crippen LogP contribution in [-0.2, 0) is 34.1 Å². The van der Waals surface area contributed by atoms with E-state index in [1.807, 2.05) is 0 Å². The summed E-state index contributed by atoms with van der Waals surface area (Å²) in [7, 11) is 0. The summed E-state index contributed by atoms with van der Waals surface area (Å²) in [5.41, 5.74) is 0. The van der Waals surface area contributed by atoms with Gasteiger partial charge in [0, 0.05) is 34.1 Å². The zero-order valence-corrected chi connectivity index (χ0v) is 7.92. The van der Waals surface area contributed by atoms with Crippen molar-refractivity contribution in [1.82, 2.24) is 0 Å². The summed E-state index contributed by atoms with van der Waals surface area (Å²) < 4.78 is 0. The van der Waals surface area contributed by atoms with Crippen molar-refractivity contribution in [1.29, 1.82) is 0 Å². The van der Waals surface area contributed by atoms with Gasteiger partial charge in [-0.3, -0.25) is 0 Å². The largest absolute Gasteiger partial charge is 2.00 e. The zero-order chi connectivity index (χ0) is 0. The quantitative estimate of drug-likeness (QED) is 0.383. The third-order valence-corrected chi connectivity index (χ3v) is 0. The van der Waals surface area contributed by atoms with Crippen LogP contribution in [0.2, 0.25) is 0 Å². The van der Waals surface area contributed by atoms with E-state index < -0.39 is 0 Å². The molecule has 0 rings (SSSR count). The molecule has 5 heteroatoms. The van der Waals surface area contributed by atoms with Crippen LogP contribution in [0.1, 0.15) is 2.85 Å². The fourth-order valence-electron chi connectivity index (χ4n) is 0. The Labute approximate surface area is 87.4 Å². The van der Waals surface area contributed by atoms with Gasteiger partial charge in [0.25, 0.3) is 0 Å². The van der Waals surface area contributed by atoms with Crippen LogP contribution in [0.4, 0.5) is 0 Å². The van der Waals surface area contributed by atoms with E-state index in [4.69, 9.17) is 0 Å². The van der Waals surface area contributed by atoms with Crippen LogP contribution in [0.5, 0.6) is 0 Å². The molecule has 0 fully saturated rings. The molecular formula is H8AlCuMgMnSi. The molecule has 0 saturated carbocycles. The number of hydrogen-bond acceptors (Lipinski definition) is 0. The topological polar surface area (TPSA) is 0 Å². The first-order valence-electron chi connectivity index (χ1n) is 0. The standard InChI is InChI=1S/Al.Cu.Mg.Mn.H3Si.5H/h;;;;1H3;;;;;/q;;+2;;;;;;2*-1. The van der Waals surface area contributed by atoms with Crippen molar-refractivity contribution in [3.63, 3.8) is 0 Å². The molecular weight excluding hydrogens is 198 g/mol. The molecule has 0 spiro atoms. The summed E-state index contributed by atoms with van der Waals surface area (Å²) in [6, 6.07) is 0. The maximum atomic E-state index is 0. The molecule has 35 valence electrons. The molecule has 0 N–H and O–H groups in total. The van der Waals surface area contributed by atoms with E-state index in [1.165, 1.54) is 0 Å². The summed E-state index contributed by atoms with van der Waals surface area (Å²) >= 11 is 0. The summed E-state index contributed by atoms with van der Waals surface area (Å²) in [5, 5.41) is 0. The molecule has 0 aromatic carbocycles. The average Bonchev–Trinajstić information content (AvgIpc) is 0. The third-order valence-electron chi connectivity index (χ3n) is 0. The molecule has 0 aliphatic heterocycles. The maximum Gasteiger partial charge on any atom is 2.00 e. The minimum atomic E-state index is 0. The monoisotopic (exact) mass is 205 g/mol. The van der Waals surface area contributed by atoms with Gasteiger partial charge in [0.1, 0.15) is 0 Å². The van der Waals surface area contributed by atoms with Crippen molar-refractivity contribution in [2.45, 2.75) is 0 Å². The fraction of sp³-hybridized carbons (Fsp3) is 0. The van der Waals surface area contributed by atoms with Crippen molar-refractivity contribution in [3.8, 4) is 0 Å². The van der Waals surface area contributed by atoms with Gasteiger partial charge in [-0.25, -0.2) is 0 Å². The summed E-state index contributed by atoms with van der Waals surface area (Å²) in [5.74, 6) is 0. The van der Waals surface area contributed by atoms with E-state index in [-0.39, 0.29) is 88.4 Å². The van der Waals surface area contributed by atoms with Crippen LogP contribution in [0.15, 0.2) is 0 Å². The van der Waals surface area contributed by atoms with Gasteiger partial charge in [-0.1, -0.05) is 0 Å². The van der Waals surface area contributed by atoms with Crippen LogP contribution >= 0.6 is 0 Å². The van der Waals surface area contributed by atoms with E-state index >= 15 is 0 Å². The predicted octanol–water partition coefficient (Wildman–Crippen LogP) is -2.53. The molecule has 0 aromatic rings. The zero-order valence-electron chi connectivity index (χ0n) is 4.39. The first-order valence-corrected chi connectivity index (χ1v) is 0. The number of hydrogen-bond donors (Lipinski definition) is 0. The number of rotatable bonds is 0. The van der Waals surface area contributed by atoms with Gasteiger partial charge in [-0.2, -0.15) is 0 Å². The van der Waals surface area contributed by atoms with Crippen LogP contribution < -0.4 is 0 Å². The Morgan fingerprint density at radius 2 is 1.20 bits per heavy atom. The Hall–Kier alpha value is 2.55. The second kappa shape index (κ2) is 31.0. The van der Waals surface area contributed by atoms with Gasteiger partial charge in [-0.05, 0) is 11.0 Å². The molecule has 0 atom stereocenters. The van der Waals surface area contributed by atoms with Crippen LogP contribution in [0.25, 0.3) is 0 Å². The van der Waals surface area contributed by atoms with Gasteiger partial charge in [0.2, 0.25) is 0 Å². The predicted molar refractivity (Wildman–Crippen MR) is 27.9 cm³/mol. The van der Waals surface area contributed by atoms with Gasteiger partial charge >= 0.3 is 23.1 Å². The van der Waals surface area contributed by atoms with E-state index in [1.54, 1.807) is 0 Å². The minimum absolute atomic E-state index is 0. The molecule has 0 heterocycles. The Balaban J connectivity index is 0. The van der Waals surface area contributed by atoms with Crippen molar-refractivity contribution < 1.29 is 37.0 Å². The van der Waals surface area contributed by atoms with Gasteiger partial charge < -0.3 is 2.85 Å². The molecule has 0 saturated heterocycles. The van der Waals surface area contributed by atoms with Crippen molar-refractivity contribution in [3.05, 3.63) is 0 Å². The van der Waals surface area contributed by atoms with Crippen molar-refractivity contribution in [2.75, 3.05) is 0 Å². The maximum absolute atomic E-state index is 0. The molecule has 0 aromatic heterocycles. The van der Waals surface area contributed by atoms with Crippen LogP contribution in [0.3, 0.4) is 0 Å². The fourth-order valence-corrected chi connectivity index (χ4v) is 0. The first-order chi connectivity index (χ1) is 0. The normalized spacial score (nSPS) is 0. The molecule has 0 amide bonds. The Bertz CT molecular complexity index is 17.7. The van der Waals surface area contributed by atoms with E-state index in [2.05, 4.69) is 0 Å². The van der Waals surface area contributed by atoms with E-state index in [0.717, 1.165) is 0 Å². The molecule has 0 bridgehead atoms. The Morgan fingerprint density at radius 3 is 1.20 bits per heavy atom. The Kier molecular flexibility index (Phi) is 308. The second-order valence-corrected chi connectivity index (χ2v) is 0. The van der Waals surface area contributed by atoms with Crippen LogP contribution in [0, 0.1) is 0 Å². The molecule has 0 aliphatic carbocycles. The molecule has 3 radical (unpaired) electrons. The van der Waals surface area contributed by atoms with Gasteiger partial charge in [-0.15, -0.1) is 0 Å². The summed E-state index contributed by atoms with van der Waals surface area (Å²) in [6.45, 7) is 0. The van der Waals surface area contributed by atoms with Crippen molar-refractivity contribution >= 4 is 51.4 Å². The summed E-state index contributed by atoms with van der Waals surface area (Å²) in [6.07, 6.45) is 0. The summed E-state index contributed by atoms with van der Waals surface area (Å²) in [4.78, 5) is 0. The smallest absolute Gasteiger partial charge is 1.00 e. The van der Waals surface area contributed by atoms with Crippen molar-refractivity contribution in [2.24, 2.45) is 0 Å². The average molecular weight is 206 g/mol. The second-order valence-electron chi connectivity index (χ2n) is 0. The molecule has 0 unspecified atom stereocenters. The van der Waals surface area contributed by atoms with Gasteiger partial charge in [0.05, 0.1) is 0 Å². The first kappa shape index (κ1) is 49.7. The minimum Gasteiger partial charge on any atom is -1.00 e. The van der Waals surface area contributed by atoms with Gasteiger partial charge in [0.15, 0.2) is 17.4 Å². The third kappa shape index (κ3) is 20.8. The van der Waals surface area contributed by atoms with E-state index in [0.29, 0.717) is 0 Å². The molecule has 0 nitrogen and oxygen atoms in total. The molecule has 5 heavy (non-hydrogen) atoms. The van der Waals surface area contributed by atoms with Crippen LogP contribution in [-0.4, -0.2) is 51.4 Å². The molecule has 0 aliphatic rings.